The number of hydrogen-bond acceptors (Lipinski definition) is 4. The fourth-order valence-corrected chi connectivity index (χ4v) is 4.80. The Kier molecular flexibility index (Phi) is 5.81. The number of rotatable bonds is 6. The van der Waals surface area contributed by atoms with Gasteiger partial charge in [-0.05, 0) is 24.9 Å². The molecule has 1 aliphatic rings. The zero-order valence-corrected chi connectivity index (χ0v) is 14.8. The van der Waals surface area contributed by atoms with E-state index in [-0.39, 0.29) is 42.0 Å². The summed E-state index contributed by atoms with van der Waals surface area (Å²) in [7, 11) is -1.11. The Morgan fingerprint density at radius 1 is 1.30 bits per heavy atom. The van der Waals surface area contributed by atoms with Gasteiger partial charge in [0.2, 0.25) is 5.91 Å². The topological polar surface area (TPSA) is 66.5 Å². The van der Waals surface area contributed by atoms with Crippen LogP contribution in [-0.4, -0.2) is 50.4 Å². The van der Waals surface area contributed by atoms with Gasteiger partial charge in [-0.25, -0.2) is 8.42 Å². The van der Waals surface area contributed by atoms with Crippen molar-refractivity contribution in [1.29, 1.82) is 0 Å². The first kappa shape index (κ1) is 17.9. The van der Waals surface area contributed by atoms with Gasteiger partial charge < -0.3 is 5.32 Å². The van der Waals surface area contributed by atoms with Crippen molar-refractivity contribution in [3.05, 3.63) is 35.9 Å². The van der Waals surface area contributed by atoms with Gasteiger partial charge in [0.1, 0.15) is 0 Å². The van der Waals surface area contributed by atoms with Crippen molar-refractivity contribution in [3.8, 4) is 0 Å². The molecule has 0 aliphatic carbocycles. The molecule has 2 atom stereocenters. The Morgan fingerprint density at radius 2 is 1.96 bits per heavy atom. The average molecular weight is 338 g/mol. The molecule has 2 unspecified atom stereocenters. The number of nitrogens with one attached hydrogen (secondary N) is 1. The average Bonchev–Trinajstić information content (AvgIpc) is 2.85. The maximum atomic E-state index is 12.4. The molecule has 0 bridgehead atoms. The first-order valence-corrected chi connectivity index (χ1v) is 9.85. The van der Waals surface area contributed by atoms with Crippen molar-refractivity contribution in [1.82, 2.24) is 10.2 Å². The van der Waals surface area contributed by atoms with Crippen LogP contribution in [0.1, 0.15) is 31.9 Å². The monoisotopic (exact) mass is 338 g/mol. The van der Waals surface area contributed by atoms with E-state index in [2.05, 4.69) is 19.2 Å². The zero-order valence-electron chi connectivity index (χ0n) is 14.0. The smallest absolute Gasteiger partial charge is 0.234 e. The lowest BCUT2D eigenvalue weighted by Crippen LogP contribution is -2.43. The molecule has 0 saturated carbocycles. The highest BCUT2D eigenvalue weighted by Gasteiger charge is 2.31. The van der Waals surface area contributed by atoms with Gasteiger partial charge >= 0.3 is 0 Å². The lowest BCUT2D eigenvalue weighted by molar-refractivity contribution is -0.123. The molecule has 128 valence electrons. The van der Waals surface area contributed by atoms with Gasteiger partial charge in [0, 0.05) is 6.04 Å². The SMILES string of the molecule is CC(C)C(NC(=O)CN(C)C1CCS(=O)(=O)C1)c1ccccc1. The van der Waals surface area contributed by atoms with Gasteiger partial charge in [-0.2, -0.15) is 0 Å². The van der Waals surface area contributed by atoms with E-state index in [0.29, 0.717) is 6.42 Å². The summed E-state index contributed by atoms with van der Waals surface area (Å²) in [6.07, 6.45) is 0.610. The molecule has 0 spiro atoms. The number of carbonyl (C=O) groups is 1. The number of benzene rings is 1. The summed E-state index contributed by atoms with van der Waals surface area (Å²) in [5.74, 6) is 0.587. The third-order valence-corrected chi connectivity index (χ3v) is 6.12. The molecule has 1 saturated heterocycles. The van der Waals surface area contributed by atoms with Crippen LogP contribution in [0.4, 0.5) is 0 Å². The van der Waals surface area contributed by atoms with Gasteiger partial charge in [-0.3, -0.25) is 9.69 Å². The van der Waals surface area contributed by atoms with Crippen molar-refractivity contribution >= 4 is 15.7 Å². The standard InChI is InChI=1S/C17H26N2O3S/c1-13(2)17(14-7-5-4-6-8-14)18-16(20)11-19(3)15-9-10-23(21,22)12-15/h4-8,13,15,17H,9-12H2,1-3H3,(H,18,20). The summed E-state index contributed by atoms with van der Waals surface area (Å²) >= 11 is 0. The third kappa shape index (κ3) is 5.04. The molecule has 1 amide bonds. The fraction of sp³-hybridized carbons (Fsp3) is 0.588. The second-order valence-corrected chi connectivity index (χ2v) is 8.90. The van der Waals surface area contributed by atoms with E-state index < -0.39 is 9.84 Å². The summed E-state index contributed by atoms with van der Waals surface area (Å²) in [6, 6.07) is 9.82. The van der Waals surface area contributed by atoms with E-state index in [1.54, 1.807) is 0 Å². The molecule has 23 heavy (non-hydrogen) atoms. The largest absolute Gasteiger partial charge is 0.348 e. The van der Waals surface area contributed by atoms with Gasteiger partial charge in [0.25, 0.3) is 0 Å². The summed E-state index contributed by atoms with van der Waals surface area (Å²) in [5, 5.41) is 3.08. The Bertz CT molecular complexity index is 628. The number of sulfone groups is 1. The Labute approximate surface area is 139 Å². The highest BCUT2D eigenvalue weighted by molar-refractivity contribution is 7.91. The predicted octanol–water partition coefficient (Wildman–Crippen LogP) is 1.62. The molecule has 1 fully saturated rings. The van der Waals surface area contributed by atoms with Crippen LogP contribution in [0.5, 0.6) is 0 Å². The van der Waals surface area contributed by atoms with Crippen LogP contribution < -0.4 is 5.32 Å². The summed E-state index contributed by atoms with van der Waals surface area (Å²) in [4.78, 5) is 14.2. The zero-order chi connectivity index (χ0) is 17.0. The molecule has 5 nitrogen and oxygen atoms in total. The minimum Gasteiger partial charge on any atom is -0.348 e. The van der Waals surface area contributed by atoms with E-state index in [0.717, 1.165) is 5.56 Å². The Morgan fingerprint density at radius 3 is 2.48 bits per heavy atom. The first-order chi connectivity index (χ1) is 10.8. The highest BCUT2D eigenvalue weighted by atomic mass is 32.2. The van der Waals surface area contributed by atoms with E-state index in [1.165, 1.54) is 0 Å². The summed E-state index contributed by atoms with van der Waals surface area (Å²) in [6.45, 7) is 4.37. The number of hydrogen-bond donors (Lipinski definition) is 1. The normalized spacial score (nSPS) is 21.5. The summed E-state index contributed by atoms with van der Waals surface area (Å²) < 4.78 is 23.1. The van der Waals surface area contributed by atoms with Gasteiger partial charge in [-0.1, -0.05) is 44.2 Å². The minimum absolute atomic E-state index is 0.0376. The predicted molar refractivity (Wildman–Crippen MR) is 91.9 cm³/mol. The molecule has 0 radical (unpaired) electrons. The number of nitrogens with zero attached hydrogens (tertiary/aromatic N) is 1. The minimum atomic E-state index is -2.93. The van der Waals surface area contributed by atoms with Crippen LogP contribution in [0.3, 0.4) is 0 Å². The molecule has 1 aromatic rings. The molecule has 0 aromatic heterocycles. The van der Waals surface area contributed by atoms with Crippen molar-refractivity contribution in [3.63, 3.8) is 0 Å². The number of carbonyl (C=O) groups excluding carboxylic acids is 1. The van der Waals surface area contributed by atoms with Crippen LogP contribution in [0.15, 0.2) is 30.3 Å². The van der Waals surface area contributed by atoms with Crippen molar-refractivity contribution < 1.29 is 13.2 Å². The van der Waals surface area contributed by atoms with Crippen LogP contribution in [0, 0.1) is 5.92 Å². The number of likely N-dealkylation sites (N-methyl/N-ethyl adjacent to an activating group) is 1. The molecule has 6 heteroatoms. The van der Waals surface area contributed by atoms with Gasteiger partial charge in [0.05, 0.1) is 24.1 Å². The number of amides is 1. The van der Waals surface area contributed by atoms with E-state index in [1.807, 2.05) is 42.3 Å². The molecule has 1 aliphatic heterocycles. The van der Waals surface area contributed by atoms with Crippen LogP contribution >= 0.6 is 0 Å². The van der Waals surface area contributed by atoms with Gasteiger partial charge in [-0.15, -0.1) is 0 Å². The quantitative estimate of drug-likeness (QED) is 0.856. The maximum absolute atomic E-state index is 12.4. The van der Waals surface area contributed by atoms with E-state index in [4.69, 9.17) is 0 Å². The molecular weight excluding hydrogens is 312 g/mol. The lowest BCUT2D eigenvalue weighted by Gasteiger charge is -2.26. The van der Waals surface area contributed by atoms with Gasteiger partial charge in [0.15, 0.2) is 9.84 Å². The van der Waals surface area contributed by atoms with Crippen molar-refractivity contribution in [2.24, 2.45) is 5.92 Å². The molecular formula is C17H26N2O3S. The second-order valence-electron chi connectivity index (χ2n) is 6.67. The Hall–Kier alpha value is -1.40. The van der Waals surface area contributed by atoms with Crippen molar-refractivity contribution in [2.45, 2.75) is 32.4 Å². The van der Waals surface area contributed by atoms with E-state index >= 15 is 0 Å². The van der Waals surface area contributed by atoms with Crippen LogP contribution in [0.25, 0.3) is 0 Å². The van der Waals surface area contributed by atoms with Crippen molar-refractivity contribution in [2.75, 3.05) is 25.1 Å². The first-order valence-electron chi connectivity index (χ1n) is 8.03. The maximum Gasteiger partial charge on any atom is 0.234 e. The lowest BCUT2D eigenvalue weighted by atomic mass is 9.96. The third-order valence-electron chi connectivity index (χ3n) is 4.37. The fourth-order valence-electron chi connectivity index (χ4n) is 2.99. The highest BCUT2D eigenvalue weighted by Crippen LogP contribution is 2.21. The van der Waals surface area contributed by atoms with Crippen LogP contribution in [0.2, 0.25) is 0 Å². The molecule has 1 heterocycles. The molecule has 1 N–H and O–H groups in total. The Balaban J connectivity index is 1.95. The molecule has 2 rings (SSSR count). The van der Waals surface area contributed by atoms with E-state index in [9.17, 15) is 13.2 Å². The summed E-state index contributed by atoms with van der Waals surface area (Å²) in [5.41, 5.74) is 1.09. The molecule has 1 aromatic carbocycles. The van der Waals surface area contributed by atoms with Crippen LogP contribution in [-0.2, 0) is 14.6 Å². The second kappa shape index (κ2) is 7.45.